The van der Waals surface area contributed by atoms with E-state index < -0.39 is 16.4 Å². The average Bonchev–Trinajstić information content (AvgIpc) is 3.00. The van der Waals surface area contributed by atoms with Crippen molar-refractivity contribution >= 4 is 40.3 Å². The zero-order valence-corrected chi connectivity index (χ0v) is 14.0. The molecule has 10 heteroatoms. The molecule has 26 heavy (non-hydrogen) atoms. The average molecular weight is 373 g/mol. The van der Waals surface area contributed by atoms with Gasteiger partial charge in [0.15, 0.2) is 5.78 Å². The number of carbonyl (C=O) groups is 1. The summed E-state index contributed by atoms with van der Waals surface area (Å²) in [5.74, 6) is -1.07. The van der Waals surface area contributed by atoms with Crippen LogP contribution in [0.4, 0.5) is 5.69 Å². The Morgan fingerprint density at radius 1 is 1.35 bits per heavy atom. The first-order valence-corrected chi connectivity index (χ1v) is 7.78. The van der Waals surface area contributed by atoms with Gasteiger partial charge in [-0.2, -0.15) is 0 Å². The third kappa shape index (κ3) is 3.67. The standard InChI is InChI=1S/C16H12ClN5O4/c17-11-5-10(16(24)15(6-11)22(25)26)7-18-8-12(23)9-21-14-4-2-1-3-13(14)19-20-21/h1-7,24H,8-9H2/p-1. The quantitative estimate of drug-likeness (QED) is 0.368. The second kappa shape index (κ2) is 7.28. The monoisotopic (exact) mass is 372 g/mol. The normalized spacial score (nSPS) is 11.3. The van der Waals surface area contributed by atoms with Gasteiger partial charge in [-0.25, -0.2) is 4.68 Å². The van der Waals surface area contributed by atoms with Crippen LogP contribution in [0.3, 0.4) is 0 Å². The van der Waals surface area contributed by atoms with Crippen molar-refractivity contribution in [1.29, 1.82) is 0 Å². The predicted octanol–water partition coefficient (Wildman–Crippen LogP) is 1.75. The molecule has 132 valence electrons. The maximum atomic E-state index is 12.1. The Labute approximate surface area is 151 Å². The van der Waals surface area contributed by atoms with Gasteiger partial charge >= 0.3 is 0 Å². The third-order valence-electron chi connectivity index (χ3n) is 3.50. The van der Waals surface area contributed by atoms with Crippen LogP contribution in [0.15, 0.2) is 41.4 Å². The first-order valence-electron chi connectivity index (χ1n) is 7.40. The number of halogens is 1. The summed E-state index contributed by atoms with van der Waals surface area (Å²) in [5.41, 5.74) is 0.700. The number of para-hydroxylation sites is 1. The van der Waals surface area contributed by atoms with Gasteiger partial charge in [-0.15, -0.1) is 5.10 Å². The minimum Gasteiger partial charge on any atom is -0.867 e. The lowest BCUT2D eigenvalue weighted by molar-refractivity contribution is -0.398. The lowest BCUT2D eigenvalue weighted by Crippen LogP contribution is -2.14. The molecule has 0 spiro atoms. The highest BCUT2D eigenvalue weighted by molar-refractivity contribution is 6.31. The highest BCUT2D eigenvalue weighted by atomic mass is 35.5. The Morgan fingerprint density at radius 3 is 2.88 bits per heavy atom. The van der Waals surface area contributed by atoms with Crippen molar-refractivity contribution < 1.29 is 14.8 Å². The number of Topliss-reactive ketones (excluding diaryl/α,β-unsaturated/α-hetero) is 1. The molecular weight excluding hydrogens is 362 g/mol. The first kappa shape index (κ1) is 17.5. The molecule has 0 bridgehead atoms. The molecule has 1 heterocycles. The summed E-state index contributed by atoms with van der Waals surface area (Å²) in [5, 5.41) is 30.7. The molecule has 0 aliphatic carbocycles. The smallest absolute Gasteiger partial charge is 0.263 e. The number of hydrogen-bond acceptors (Lipinski definition) is 7. The molecule has 2 aromatic carbocycles. The van der Waals surface area contributed by atoms with Crippen LogP contribution in [0, 0.1) is 10.1 Å². The molecule has 0 aliphatic heterocycles. The predicted molar refractivity (Wildman–Crippen MR) is 92.5 cm³/mol. The number of hydrogen-bond donors (Lipinski definition) is 0. The molecule has 9 nitrogen and oxygen atoms in total. The molecule has 0 atom stereocenters. The van der Waals surface area contributed by atoms with Crippen molar-refractivity contribution in [3.63, 3.8) is 0 Å². The highest BCUT2D eigenvalue weighted by Crippen LogP contribution is 2.29. The van der Waals surface area contributed by atoms with E-state index in [-0.39, 0.29) is 29.5 Å². The minimum atomic E-state index is -0.813. The maximum absolute atomic E-state index is 12.1. The van der Waals surface area contributed by atoms with Crippen LogP contribution in [-0.2, 0) is 11.3 Å². The van der Waals surface area contributed by atoms with Gasteiger partial charge in [-0.05, 0) is 29.5 Å². The molecule has 3 rings (SSSR count). The summed E-state index contributed by atoms with van der Waals surface area (Å²) in [7, 11) is 0. The fourth-order valence-electron chi connectivity index (χ4n) is 2.33. The van der Waals surface area contributed by atoms with Crippen LogP contribution in [0.25, 0.3) is 11.0 Å². The number of ketones is 1. The van der Waals surface area contributed by atoms with E-state index >= 15 is 0 Å². The number of aliphatic imine (C=N–C) groups is 1. The molecule has 0 amide bonds. The SMILES string of the molecule is O=C(CN=Cc1cc(Cl)cc([N+](=O)[O-])c1[O-])Cn1nnc2ccccc21. The zero-order valence-electron chi connectivity index (χ0n) is 13.2. The number of nitro groups is 1. The number of rotatable bonds is 6. The summed E-state index contributed by atoms with van der Waals surface area (Å²) < 4.78 is 1.45. The van der Waals surface area contributed by atoms with Gasteiger partial charge in [0, 0.05) is 17.3 Å². The van der Waals surface area contributed by atoms with Gasteiger partial charge in [-0.1, -0.05) is 28.9 Å². The summed E-state index contributed by atoms with van der Waals surface area (Å²) in [6.45, 7) is -0.244. The van der Waals surface area contributed by atoms with E-state index in [2.05, 4.69) is 15.3 Å². The van der Waals surface area contributed by atoms with E-state index in [9.17, 15) is 20.0 Å². The Hall–Kier alpha value is -3.33. The van der Waals surface area contributed by atoms with Gasteiger partial charge in [0.1, 0.15) is 12.1 Å². The number of nitrogens with zero attached hydrogens (tertiary/aromatic N) is 5. The molecule has 0 fully saturated rings. The highest BCUT2D eigenvalue weighted by Gasteiger charge is 2.12. The van der Waals surface area contributed by atoms with E-state index in [0.717, 1.165) is 17.8 Å². The van der Waals surface area contributed by atoms with Crippen molar-refractivity contribution in [2.24, 2.45) is 4.99 Å². The van der Waals surface area contributed by atoms with E-state index in [1.165, 1.54) is 10.7 Å². The third-order valence-corrected chi connectivity index (χ3v) is 3.72. The summed E-state index contributed by atoms with van der Waals surface area (Å²) in [6, 6.07) is 9.44. The topological polar surface area (TPSA) is 126 Å². The fraction of sp³-hybridized carbons (Fsp3) is 0.125. The molecule has 0 aliphatic rings. The van der Waals surface area contributed by atoms with Crippen molar-refractivity contribution in [3.8, 4) is 5.75 Å². The molecule has 0 saturated carbocycles. The molecule has 0 saturated heterocycles. The van der Waals surface area contributed by atoms with Crippen molar-refractivity contribution in [2.75, 3.05) is 6.54 Å². The molecule has 0 unspecified atom stereocenters. The number of nitro benzene ring substituents is 1. The lowest BCUT2D eigenvalue weighted by Gasteiger charge is -2.10. The van der Waals surface area contributed by atoms with Crippen molar-refractivity contribution in [1.82, 2.24) is 15.0 Å². The molecule has 0 N–H and O–H groups in total. The maximum Gasteiger partial charge on any atom is 0.263 e. The largest absolute Gasteiger partial charge is 0.867 e. The van der Waals surface area contributed by atoms with E-state index in [4.69, 9.17) is 11.6 Å². The van der Waals surface area contributed by atoms with Gasteiger partial charge in [0.25, 0.3) is 5.69 Å². The van der Waals surface area contributed by atoms with Crippen molar-refractivity contribution in [3.05, 3.63) is 57.1 Å². The molecule has 3 aromatic rings. The second-order valence-electron chi connectivity index (χ2n) is 5.34. The summed E-state index contributed by atoms with van der Waals surface area (Å²) in [4.78, 5) is 26.0. The Kier molecular flexibility index (Phi) is 4.90. The van der Waals surface area contributed by atoms with Crippen LogP contribution >= 0.6 is 11.6 Å². The number of fused-ring (bicyclic) bond motifs is 1. The number of benzene rings is 2. The van der Waals surface area contributed by atoms with Crippen LogP contribution in [0.5, 0.6) is 5.75 Å². The minimum absolute atomic E-state index is 0.0300. The van der Waals surface area contributed by atoms with Gasteiger partial charge in [-0.3, -0.25) is 19.9 Å². The van der Waals surface area contributed by atoms with E-state index in [0.29, 0.717) is 5.52 Å². The fourth-order valence-corrected chi connectivity index (χ4v) is 2.55. The molecule has 1 aromatic heterocycles. The van der Waals surface area contributed by atoms with Crippen LogP contribution in [0.1, 0.15) is 5.56 Å². The van der Waals surface area contributed by atoms with E-state index in [1.54, 1.807) is 12.1 Å². The Bertz CT molecular complexity index is 1030. The summed E-state index contributed by atoms with van der Waals surface area (Å²) >= 11 is 5.77. The Morgan fingerprint density at radius 2 is 2.12 bits per heavy atom. The zero-order chi connectivity index (χ0) is 18.7. The van der Waals surface area contributed by atoms with Gasteiger partial charge < -0.3 is 5.11 Å². The molecule has 0 radical (unpaired) electrons. The summed E-state index contributed by atoms with van der Waals surface area (Å²) in [6.07, 6.45) is 1.11. The van der Waals surface area contributed by atoms with Crippen LogP contribution in [-0.4, -0.2) is 38.5 Å². The number of carbonyl (C=O) groups excluding carboxylic acids is 1. The molecular formula is C16H11ClN5O4-. The van der Waals surface area contributed by atoms with Crippen molar-refractivity contribution in [2.45, 2.75) is 6.54 Å². The van der Waals surface area contributed by atoms with E-state index in [1.807, 2.05) is 12.1 Å². The van der Waals surface area contributed by atoms with Crippen LogP contribution in [0.2, 0.25) is 5.02 Å². The second-order valence-corrected chi connectivity index (χ2v) is 5.78. The first-order chi connectivity index (χ1) is 12.5. The van der Waals surface area contributed by atoms with Gasteiger partial charge in [0.2, 0.25) is 0 Å². The lowest BCUT2D eigenvalue weighted by atomic mass is 10.2. The number of aromatic nitrogens is 3. The van der Waals surface area contributed by atoms with Crippen LogP contribution < -0.4 is 5.11 Å². The van der Waals surface area contributed by atoms with Gasteiger partial charge in [0.05, 0.1) is 17.0 Å². The Balaban J connectivity index is 1.71.